The van der Waals surface area contributed by atoms with Crippen LogP contribution in [0.4, 0.5) is 17.1 Å². The van der Waals surface area contributed by atoms with Gasteiger partial charge in [0.2, 0.25) is 11.8 Å². The van der Waals surface area contributed by atoms with Gasteiger partial charge in [-0.3, -0.25) is 14.4 Å². The van der Waals surface area contributed by atoms with E-state index in [-0.39, 0.29) is 23.6 Å². The number of carbonyl (C=O) groups is 3. The lowest BCUT2D eigenvalue weighted by Crippen LogP contribution is -2.30. The summed E-state index contributed by atoms with van der Waals surface area (Å²) in [4.78, 5) is 38.2. The van der Waals surface area contributed by atoms with Crippen LogP contribution in [0.25, 0.3) is 0 Å². The van der Waals surface area contributed by atoms with Gasteiger partial charge in [-0.1, -0.05) is 18.2 Å². The Balaban J connectivity index is 1.85. The van der Waals surface area contributed by atoms with Crippen LogP contribution in [0.2, 0.25) is 0 Å². The van der Waals surface area contributed by atoms with Gasteiger partial charge in [0, 0.05) is 31.3 Å². The lowest BCUT2D eigenvalue weighted by Gasteiger charge is -2.21. The summed E-state index contributed by atoms with van der Waals surface area (Å²) in [6, 6.07) is 12.4. The van der Waals surface area contributed by atoms with Crippen LogP contribution >= 0.6 is 0 Å². The second-order valence-electron chi connectivity index (χ2n) is 6.80. The summed E-state index contributed by atoms with van der Waals surface area (Å²) in [7, 11) is 1.70. The number of para-hydroxylation sites is 1. The van der Waals surface area contributed by atoms with E-state index in [0.29, 0.717) is 22.6 Å². The molecule has 2 N–H and O–H groups in total. The van der Waals surface area contributed by atoms with Crippen molar-refractivity contribution in [2.45, 2.75) is 26.7 Å². The standard InChI is InChI=1S/C21H23N3O3/c1-13-17(22-14(2)25)8-6-9-18(13)23-20(26)16-7-4-5-10-19(16)24(3)21(27)15-11-12-15/h4-10,15H,11-12H2,1-3H3,(H,22,25)(H,23,26). The number of benzene rings is 2. The Labute approximate surface area is 158 Å². The first-order valence-corrected chi connectivity index (χ1v) is 8.93. The molecular formula is C21H23N3O3. The lowest BCUT2D eigenvalue weighted by molar-refractivity contribution is -0.119. The van der Waals surface area contributed by atoms with E-state index in [1.54, 1.807) is 48.3 Å². The highest BCUT2D eigenvalue weighted by Crippen LogP contribution is 2.33. The smallest absolute Gasteiger partial charge is 0.257 e. The highest BCUT2D eigenvalue weighted by molar-refractivity contribution is 6.11. The van der Waals surface area contributed by atoms with E-state index in [4.69, 9.17) is 0 Å². The van der Waals surface area contributed by atoms with E-state index >= 15 is 0 Å². The monoisotopic (exact) mass is 365 g/mol. The van der Waals surface area contributed by atoms with Crippen molar-refractivity contribution < 1.29 is 14.4 Å². The van der Waals surface area contributed by atoms with E-state index in [1.807, 2.05) is 13.0 Å². The predicted molar refractivity (Wildman–Crippen MR) is 106 cm³/mol. The van der Waals surface area contributed by atoms with Gasteiger partial charge in [0.1, 0.15) is 0 Å². The second-order valence-corrected chi connectivity index (χ2v) is 6.80. The number of nitrogens with zero attached hydrogens (tertiary/aromatic N) is 1. The van der Waals surface area contributed by atoms with Crippen molar-refractivity contribution in [3.05, 3.63) is 53.6 Å². The van der Waals surface area contributed by atoms with E-state index in [9.17, 15) is 14.4 Å². The minimum atomic E-state index is -0.302. The maximum absolute atomic E-state index is 12.9. The molecule has 0 atom stereocenters. The Hall–Kier alpha value is -3.15. The molecule has 0 heterocycles. The molecule has 27 heavy (non-hydrogen) atoms. The van der Waals surface area contributed by atoms with Crippen molar-refractivity contribution in [1.82, 2.24) is 0 Å². The molecule has 0 unspecified atom stereocenters. The quantitative estimate of drug-likeness (QED) is 0.850. The van der Waals surface area contributed by atoms with Gasteiger partial charge in [-0.05, 0) is 49.6 Å². The van der Waals surface area contributed by atoms with Gasteiger partial charge >= 0.3 is 0 Å². The first-order valence-electron chi connectivity index (χ1n) is 8.93. The zero-order chi connectivity index (χ0) is 19.6. The van der Waals surface area contributed by atoms with Crippen LogP contribution in [0.3, 0.4) is 0 Å². The van der Waals surface area contributed by atoms with Crippen molar-refractivity contribution in [3.8, 4) is 0 Å². The lowest BCUT2D eigenvalue weighted by atomic mass is 10.1. The maximum atomic E-state index is 12.9. The Morgan fingerprint density at radius 3 is 2.22 bits per heavy atom. The number of hydrogen-bond acceptors (Lipinski definition) is 3. The molecule has 0 aromatic heterocycles. The third-order valence-corrected chi connectivity index (χ3v) is 4.66. The minimum absolute atomic E-state index is 0.0408. The van der Waals surface area contributed by atoms with Crippen molar-refractivity contribution in [2.75, 3.05) is 22.6 Å². The van der Waals surface area contributed by atoms with Crippen LogP contribution in [0.5, 0.6) is 0 Å². The van der Waals surface area contributed by atoms with E-state index < -0.39 is 0 Å². The zero-order valence-corrected chi connectivity index (χ0v) is 15.7. The summed E-state index contributed by atoms with van der Waals surface area (Å²) >= 11 is 0. The molecule has 2 aromatic carbocycles. The summed E-state index contributed by atoms with van der Waals surface area (Å²) in [5.74, 6) is -0.363. The number of hydrogen-bond donors (Lipinski definition) is 2. The summed E-state index contributed by atoms with van der Waals surface area (Å²) < 4.78 is 0. The molecule has 1 aliphatic rings. The number of nitrogens with one attached hydrogen (secondary N) is 2. The summed E-state index contributed by atoms with van der Waals surface area (Å²) in [6.07, 6.45) is 1.82. The number of carbonyl (C=O) groups excluding carboxylic acids is 3. The molecule has 1 aliphatic carbocycles. The Kier molecular flexibility index (Phi) is 5.26. The predicted octanol–water partition coefficient (Wildman–Crippen LogP) is 3.58. The Morgan fingerprint density at radius 1 is 0.963 bits per heavy atom. The van der Waals surface area contributed by atoms with Crippen LogP contribution in [0.1, 0.15) is 35.7 Å². The number of anilines is 3. The van der Waals surface area contributed by atoms with Crippen molar-refractivity contribution in [2.24, 2.45) is 5.92 Å². The molecular weight excluding hydrogens is 342 g/mol. The van der Waals surface area contributed by atoms with Gasteiger partial charge in [0.15, 0.2) is 0 Å². The highest BCUT2D eigenvalue weighted by atomic mass is 16.2. The van der Waals surface area contributed by atoms with Crippen LogP contribution in [-0.4, -0.2) is 24.8 Å². The van der Waals surface area contributed by atoms with Gasteiger partial charge in [0.05, 0.1) is 11.3 Å². The molecule has 1 fully saturated rings. The average molecular weight is 365 g/mol. The molecule has 3 rings (SSSR count). The fourth-order valence-corrected chi connectivity index (χ4v) is 2.97. The second kappa shape index (κ2) is 7.61. The van der Waals surface area contributed by atoms with Crippen LogP contribution < -0.4 is 15.5 Å². The fraction of sp³-hybridized carbons (Fsp3) is 0.286. The molecule has 0 aliphatic heterocycles. The van der Waals surface area contributed by atoms with Gasteiger partial charge in [0.25, 0.3) is 5.91 Å². The normalized spacial score (nSPS) is 13.0. The summed E-state index contributed by atoms with van der Waals surface area (Å²) in [6.45, 7) is 3.27. The van der Waals surface area contributed by atoms with Crippen molar-refractivity contribution in [3.63, 3.8) is 0 Å². The highest BCUT2D eigenvalue weighted by Gasteiger charge is 2.33. The van der Waals surface area contributed by atoms with E-state index in [2.05, 4.69) is 10.6 Å². The molecule has 0 spiro atoms. The average Bonchev–Trinajstić information content (AvgIpc) is 3.48. The van der Waals surface area contributed by atoms with Gasteiger partial charge < -0.3 is 15.5 Å². The molecule has 140 valence electrons. The first-order chi connectivity index (χ1) is 12.9. The minimum Gasteiger partial charge on any atom is -0.326 e. The summed E-state index contributed by atoms with van der Waals surface area (Å²) in [5.41, 5.74) is 3.04. The summed E-state index contributed by atoms with van der Waals surface area (Å²) in [5, 5.41) is 5.64. The molecule has 0 saturated heterocycles. The molecule has 6 heteroatoms. The van der Waals surface area contributed by atoms with Gasteiger partial charge in [-0.15, -0.1) is 0 Å². The molecule has 6 nitrogen and oxygen atoms in total. The largest absolute Gasteiger partial charge is 0.326 e. The van der Waals surface area contributed by atoms with Crippen LogP contribution in [0, 0.1) is 12.8 Å². The van der Waals surface area contributed by atoms with E-state index in [1.165, 1.54) is 6.92 Å². The topological polar surface area (TPSA) is 78.5 Å². The molecule has 0 radical (unpaired) electrons. The van der Waals surface area contributed by atoms with Crippen molar-refractivity contribution in [1.29, 1.82) is 0 Å². The maximum Gasteiger partial charge on any atom is 0.257 e. The first kappa shape index (κ1) is 18.6. The molecule has 2 aromatic rings. The van der Waals surface area contributed by atoms with Gasteiger partial charge in [-0.25, -0.2) is 0 Å². The van der Waals surface area contributed by atoms with Crippen LogP contribution in [-0.2, 0) is 9.59 Å². The third kappa shape index (κ3) is 4.16. The van der Waals surface area contributed by atoms with Gasteiger partial charge in [-0.2, -0.15) is 0 Å². The molecule has 0 bridgehead atoms. The number of rotatable bonds is 5. The van der Waals surface area contributed by atoms with E-state index in [0.717, 1.165) is 18.4 Å². The molecule has 3 amide bonds. The Morgan fingerprint density at radius 2 is 1.59 bits per heavy atom. The Bertz CT molecular complexity index is 903. The zero-order valence-electron chi connectivity index (χ0n) is 15.7. The molecule has 1 saturated carbocycles. The SMILES string of the molecule is CC(=O)Nc1cccc(NC(=O)c2ccccc2N(C)C(=O)C2CC2)c1C. The van der Waals surface area contributed by atoms with Crippen LogP contribution in [0.15, 0.2) is 42.5 Å². The fourth-order valence-electron chi connectivity index (χ4n) is 2.97. The van der Waals surface area contributed by atoms with Crippen molar-refractivity contribution >= 4 is 34.8 Å². The number of amides is 3. The third-order valence-electron chi connectivity index (χ3n) is 4.66.